The van der Waals surface area contributed by atoms with E-state index in [0.717, 1.165) is 10.9 Å². The van der Waals surface area contributed by atoms with E-state index in [1.165, 1.54) is 4.90 Å². The Morgan fingerprint density at radius 3 is 2.51 bits per heavy atom. The van der Waals surface area contributed by atoms with Crippen molar-refractivity contribution in [1.29, 1.82) is 0 Å². The van der Waals surface area contributed by atoms with Crippen LogP contribution in [0.2, 0.25) is 0 Å². The molecule has 0 unspecified atom stereocenters. The fraction of sp³-hybridized carbons (Fsp3) is 0.412. The molecule has 2 atom stereocenters. The number of nitrogens with zero attached hydrogens (tertiary/aromatic N) is 4. The number of halogens is 1. The second-order valence-corrected chi connectivity index (χ2v) is 15.7. The van der Waals surface area contributed by atoms with E-state index in [2.05, 4.69) is 25.0 Å². The minimum atomic E-state index is -3.56. The van der Waals surface area contributed by atoms with Crippen LogP contribution in [0.15, 0.2) is 60.9 Å². The number of aryl methyl sites for hydroxylation is 1. The number of fused-ring (bicyclic) bond motifs is 1. The molecule has 2 aromatic heterocycles. The maximum absolute atomic E-state index is 14.7. The highest BCUT2D eigenvalue weighted by Gasteiger charge is 2.50. The summed E-state index contributed by atoms with van der Waals surface area (Å²) in [5.41, 5.74) is 1.64. The predicted octanol–water partition coefficient (Wildman–Crippen LogP) is 6.85. The van der Waals surface area contributed by atoms with E-state index in [1.54, 1.807) is 58.3 Å². The monoisotopic (exact) mass is 662 g/mol. The molecule has 2 aliphatic rings. The minimum absolute atomic E-state index is 0.0370. The van der Waals surface area contributed by atoms with Crippen LogP contribution in [0.5, 0.6) is 11.6 Å². The molecule has 1 aliphatic heterocycles. The minimum Gasteiger partial charge on any atom is -0.444 e. The largest absolute Gasteiger partial charge is 0.444 e. The number of hydrogen-bond donors (Lipinski definition) is 2. The molecule has 248 valence electrons. The predicted molar refractivity (Wildman–Crippen MR) is 179 cm³/mol. The summed E-state index contributed by atoms with van der Waals surface area (Å²) in [6, 6.07) is 14.1. The zero-order valence-electron chi connectivity index (χ0n) is 27.1. The number of likely N-dealkylation sites (tertiary alicyclic amines) is 1. The molecular weight excluding hydrogens is 623 g/mol. The fourth-order valence-electron chi connectivity index (χ4n) is 5.56. The molecule has 1 amide bonds. The quantitative estimate of drug-likeness (QED) is 0.208. The highest BCUT2D eigenvalue weighted by Crippen LogP contribution is 2.45. The van der Waals surface area contributed by atoms with E-state index in [0.29, 0.717) is 46.8 Å². The SMILES string of the molecule is Cc1cc(NS(=O)(=O)C2(C)CC2)c2ccccc2c1Oc1ncccc1-c1ccnc(N[C@H]2C[C@H](F)CN(C(=O)OC(C)(C)C)C2)n1. The van der Waals surface area contributed by atoms with Crippen molar-refractivity contribution in [3.05, 3.63) is 66.5 Å². The van der Waals surface area contributed by atoms with Crippen LogP contribution < -0.4 is 14.8 Å². The molecule has 0 radical (unpaired) electrons. The van der Waals surface area contributed by atoms with E-state index >= 15 is 0 Å². The van der Waals surface area contributed by atoms with Crippen LogP contribution in [0, 0.1) is 6.92 Å². The number of amides is 1. The summed E-state index contributed by atoms with van der Waals surface area (Å²) in [6.07, 6.45) is 2.85. The lowest BCUT2D eigenvalue weighted by Gasteiger charge is -2.36. The van der Waals surface area contributed by atoms with Crippen molar-refractivity contribution >= 4 is 38.5 Å². The number of rotatable bonds is 8. The Morgan fingerprint density at radius 2 is 1.79 bits per heavy atom. The highest BCUT2D eigenvalue weighted by molar-refractivity contribution is 7.94. The first-order valence-electron chi connectivity index (χ1n) is 15.6. The van der Waals surface area contributed by atoms with Gasteiger partial charge in [-0.15, -0.1) is 0 Å². The summed E-state index contributed by atoms with van der Waals surface area (Å²) in [7, 11) is -3.56. The summed E-state index contributed by atoms with van der Waals surface area (Å²) in [4.78, 5) is 27.5. The molecule has 3 heterocycles. The molecule has 1 saturated carbocycles. The van der Waals surface area contributed by atoms with Crippen molar-refractivity contribution < 1.29 is 27.1 Å². The van der Waals surface area contributed by atoms with Gasteiger partial charge in [0.15, 0.2) is 0 Å². The molecule has 11 nitrogen and oxygen atoms in total. The smallest absolute Gasteiger partial charge is 0.410 e. The van der Waals surface area contributed by atoms with Crippen molar-refractivity contribution in [2.75, 3.05) is 23.1 Å². The van der Waals surface area contributed by atoms with Crippen LogP contribution in [0.3, 0.4) is 0 Å². The molecule has 2 N–H and O–H groups in total. The van der Waals surface area contributed by atoms with Crippen LogP contribution in [-0.4, -0.2) is 70.0 Å². The van der Waals surface area contributed by atoms with Crippen molar-refractivity contribution in [2.24, 2.45) is 0 Å². The number of hydrogen-bond acceptors (Lipinski definition) is 9. The van der Waals surface area contributed by atoms with Crippen LogP contribution in [0.4, 0.5) is 20.8 Å². The molecule has 2 aromatic carbocycles. The maximum Gasteiger partial charge on any atom is 0.410 e. The van der Waals surface area contributed by atoms with Gasteiger partial charge in [-0.2, -0.15) is 0 Å². The zero-order valence-corrected chi connectivity index (χ0v) is 27.9. The van der Waals surface area contributed by atoms with Crippen LogP contribution >= 0.6 is 0 Å². The molecule has 13 heteroatoms. The molecule has 4 aromatic rings. The molecule has 0 spiro atoms. The molecule has 2 fully saturated rings. The third-order valence-electron chi connectivity index (χ3n) is 8.31. The van der Waals surface area contributed by atoms with Gasteiger partial charge in [0.1, 0.15) is 17.5 Å². The number of benzene rings is 2. The average molecular weight is 663 g/mol. The van der Waals surface area contributed by atoms with E-state index in [4.69, 9.17) is 9.47 Å². The Hall–Kier alpha value is -4.52. The van der Waals surface area contributed by atoms with Crippen molar-refractivity contribution in [3.8, 4) is 22.9 Å². The van der Waals surface area contributed by atoms with Gasteiger partial charge < -0.3 is 19.7 Å². The Morgan fingerprint density at radius 1 is 1.04 bits per heavy atom. The van der Waals surface area contributed by atoms with Gasteiger partial charge >= 0.3 is 6.09 Å². The number of nitrogens with one attached hydrogen (secondary N) is 2. The second kappa shape index (κ2) is 12.3. The van der Waals surface area contributed by atoms with Gasteiger partial charge in [0.25, 0.3) is 0 Å². The second-order valence-electron chi connectivity index (χ2n) is 13.5. The number of alkyl halides is 1. The van der Waals surface area contributed by atoms with Crippen molar-refractivity contribution in [1.82, 2.24) is 19.9 Å². The van der Waals surface area contributed by atoms with Crippen LogP contribution in [0.1, 0.15) is 52.5 Å². The topological polar surface area (TPSA) is 136 Å². The van der Waals surface area contributed by atoms with Gasteiger partial charge in [0.05, 0.1) is 28.2 Å². The lowest BCUT2D eigenvalue weighted by Crippen LogP contribution is -2.51. The maximum atomic E-state index is 14.7. The standard InChI is InChI=1S/C34H39FN6O5S/c1-21-17-28(40-47(43,44)34(5)13-14-34)24-9-6-7-10-25(24)29(21)45-30-26(11-8-15-36-30)27-12-16-37-31(39-27)38-23-18-22(35)19-41(20-23)32(42)46-33(2,3)4/h6-12,15-17,22-23,40H,13-14,18-20H2,1-5H3,(H,37,38,39)/t22-,23-/m0/s1. The molecule has 1 saturated heterocycles. The third kappa shape index (κ3) is 7.09. The average Bonchev–Trinajstić information content (AvgIpc) is 3.77. The summed E-state index contributed by atoms with van der Waals surface area (Å²) in [5, 5.41) is 4.60. The number of carbonyl (C=O) groups is 1. The van der Waals surface area contributed by atoms with Gasteiger partial charge in [-0.05, 0) is 77.3 Å². The first kappa shape index (κ1) is 32.4. The number of carbonyl (C=O) groups excluding carboxylic acids is 1. The van der Waals surface area contributed by atoms with Crippen LogP contribution in [0.25, 0.3) is 22.0 Å². The number of pyridine rings is 1. The van der Waals surface area contributed by atoms with E-state index in [9.17, 15) is 17.6 Å². The lowest BCUT2D eigenvalue weighted by molar-refractivity contribution is 0.0124. The number of ether oxygens (including phenoxy) is 2. The van der Waals surface area contributed by atoms with Crippen molar-refractivity contribution in [2.45, 2.75) is 76.4 Å². The Bertz CT molecular complexity index is 1930. The summed E-state index contributed by atoms with van der Waals surface area (Å²) < 4.78 is 54.8. The number of sulfonamides is 1. The van der Waals surface area contributed by atoms with Gasteiger partial charge in [-0.3, -0.25) is 4.72 Å². The Balaban J connectivity index is 1.26. The van der Waals surface area contributed by atoms with Gasteiger partial charge in [-0.1, -0.05) is 24.3 Å². The molecule has 47 heavy (non-hydrogen) atoms. The first-order chi connectivity index (χ1) is 22.2. The number of piperidine rings is 1. The number of anilines is 2. The van der Waals surface area contributed by atoms with Crippen molar-refractivity contribution in [3.63, 3.8) is 0 Å². The lowest BCUT2D eigenvalue weighted by atomic mass is 10.0. The summed E-state index contributed by atoms with van der Waals surface area (Å²) in [6.45, 7) is 9.12. The van der Waals surface area contributed by atoms with E-state index < -0.39 is 38.7 Å². The molecule has 1 aliphatic carbocycles. The van der Waals surface area contributed by atoms with E-state index in [1.807, 2.05) is 37.3 Å². The molecule has 6 rings (SSSR count). The van der Waals surface area contributed by atoms with Gasteiger partial charge in [0.2, 0.25) is 21.9 Å². The van der Waals surface area contributed by atoms with Gasteiger partial charge in [0, 0.05) is 42.2 Å². The summed E-state index contributed by atoms with van der Waals surface area (Å²) in [5.74, 6) is 1.09. The molecular formula is C34H39FN6O5S. The Labute approximate surface area is 274 Å². The fourth-order valence-corrected chi connectivity index (χ4v) is 6.91. The Kier molecular flexibility index (Phi) is 8.45. The highest BCUT2D eigenvalue weighted by atomic mass is 32.2. The van der Waals surface area contributed by atoms with E-state index in [-0.39, 0.29) is 25.5 Å². The van der Waals surface area contributed by atoms with Gasteiger partial charge in [-0.25, -0.2) is 32.6 Å². The third-order valence-corrected chi connectivity index (χ3v) is 10.5. The first-order valence-corrected chi connectivity index (χ1v) is 17.1. The zero-order chi connectivity index (χ0) is 33.6. The summed E-state index contributed by atoms with van der Waals surface area (Å²) >= 11 is 0. The molecule has 0 bridgehead atoms. The van der Waals surface area contributed by atoms with Crippen LogP contribution in [-0.2, 0) is 14.8 Å². The number of aromatic nitrogens is 3. The normalized spacial score (nSPS) is 19.2.